The fourth-order valence-electron chi connectivity index (χ4n) is 1.21. The average molecular weight is 229 g/mol. The van der Waals surface area contributed by atoms with Gasteiger partial charge in [-0.05, 0) is 12.8 Å². The highest BCUT2D eigenvalue weighted by molar-refractivity contribution is 9.09. The third-order valence-corrected chi connectivity index (χ3v) is 3.20. The largest absolute Gasteiger partial charge is 0.389 e. The second-order valence-corrected chi connectivity index (χ2v) is 3.77. The van der Waals surface area contributed by atoms with Crippen molar-refractivity contribution >= 4 is 15.9 Å². The molecule has 0 unspecified atom stereocenters. The maximum atomic E-state index is 12.6. The zero-order valence-corrected chi connectivity index (χ0v) is 7.70. The van der Waals surface area contributed by atoms with Gasteiger partial charge in [-0.15, -0.1) is 0 Å². The predicted molar refractivity (Wildman–Crippen MR) is 42.2 cm³/mol. The summed E-state index contributed by atoms with van der Waals surface area (Å²) in [5.41, 5.74) is -0.887. The quantitative estimate of drug-likeness (QED) is 0.684. The van der Waals surface area contributed by atoms with E-state index in [0.717, 1.165) is 0 Å². The molecule has 0 aromatic heterocycles. The number of hydrogen-bond donors (Lipinski definition) is 1. The molecule has 1 rings (SSSR count). The highest BCUT2D eigenvalue weighted by atomic mass is 79.9. The van der Waals surface area contributed by atoms with Crippen LogP contribution in [0.2, 0.25) is 0 Å². The summed E-state index contributed by atoms with van der Waals surface area (Å²) in [6, 6.07) is 0. The summed E-state index contributed by atoms with van der Waals surface area (Å²) in [4.78, 5) is 0. The standard InChI is InChI=1S/C7H11BrF2O/c8-5-6(11)1-3-7(9,10)4-2-6/h11H,1-5H2. The molecule has 1 nitrogen and oxygen atoms in total. The molecule has 1 N–H and O–H groups in total. The maximum absolute atomic E-state index is 12.6. The first kappa shape index (κ1) is 9.39. The minimum Gasteiger partial charge on any atom is -0.389 e. The van der Waals surface area contributed by atoms with Crippen LogP contribution < -0.4 is 0 Å². The van der Waals surface area contributed by atoms with Crippen molar-refractivity contribution < 1.29 is 13.9 Å². The van der Waals surface area contributed by atoms with Gasteiger partial charge in [0.05, 0.1) is 5.60 Å². The van der Waals surface area contributed by atoms with Crippen LogP contribution in [0.3, 0.4) is 0 Å². The summed E-state index contributed by atoms with van der Waals surface area (Å²) >= 11 is 3.11. The lowest BCUT2D eigenvalue weighted by Crippen LogP contribution is -2.39. The Morgan fingerprint density at radius 3 is 2.00 bits per heavy atom. The van der Waals surface area contributed by atoms with Crippen LogP contribution in [0.15, 0.2) is 0 Å². The zero-order chi connectivity index (χ0) is 8.54. The molecule has 0 atom stereocenters. The summed E-state index contributed by atoms with van der Waals surface area (Å²) in [5, 5.41) is 9.93. The van der Waals surface area contributed by atoms with Crippen LogP contribution in [0.4, 0.5) is 8.78 Å². The first-order valence-electron chi connectivity index (χ1n) is 3.64. The van der Waals surface area contributed by atoms with Gasteiger partial charge in [-0.25, -0.2) is 8.78 Å². The van der Waals surface area contributed by atoms with Crippen molar-refractivity contribution in [2.24, 2.45) is 0 Å². The van der Waals surface area contributed by atoms with Crippen LogP contribution in [0.1, 0.15) is 25.7 Å². The third-order valence-electron chi connectivity index (χ3n) is 2.16. The third kappa shape index (κ3) is 2.37. The number of hydrogen-bond acceptors (Lipinski definition) is 1. The zero-order valence-electron chi connectivity index (χ0n) is 6.12. The van der Waals surface area contributed by atoms with Gasteiger partial charge in [0.1, 0.15) is 0 Å². The smallest absolute Gasteiger partial charge is 0.248 e. The van der Waals surface area contributed by atoms with E-state index in [0.29, 0.717) is 5.33 Å². The highest BCUT2D eigenvalue weighted by Crippen LogP contribution is 2.38. The molecule has 0 aromatic carbocycles. The molecule has 1 fully saturated rings. The first-order valence-corrected chi connectivity index (χ1v) is 4.76. The van der Waals surface area contributed by atoms with E-state index < -0.39 is 11.5 Å². The van der Waals surface area contributed by atoms with E-state index in [1.165, 1.54) is 0 Å². The highest BCUT2D eigenvalue weighted by Gasteiger charge is 2.41. The first-order chi connectivity index (χ1) is 4.97. The molecule has 1 aliphatic rings. The Morgan fingerprint density at radius 2 is 1.64 bits per heavy atom. The number of halogens is 3. The molecule has 0 radical (unpaired) electrons. The van der Waals surface area contributed by atoms with E-state index in [1.54, 1.807) is 0 Å². The lowest BCUT2D eigenvalue weighted by Gasteiger charge is -2.34. The van der Waals surface area contributed by atoms with Gasteiger partial charge < -0.3 is 5.11 Å². The molecule has 1 saturated carbocycles. The molecule has 0 amide bonds. The van der Waals surface area contributed by atoms with Crippen LogP contribution in [0, 0.1) is 0 Å². The second-order valence-electron chi connectivity index (χ2n) is 3.21. The summed E-state index contributed by atoms with van der Waals surface area (Å²) in [7, 11) is 0. The van der Waals surface area contributed by atoms with E-state index in [2.05, 4.69) is 15.9 Å². The Kier molecular flexibility index (Phi) is 2.54. The minimum absolute atomic E-state index is 0.185. The van der Waals surface area contributed by atoms with Crippen LogP contribution in [-0.4, -0.2) is 22.0 Å². The second kappa shape index (κ2) is 2.98. The van der Waals surface area contributed by atoms with E-state index in [9.17, 15) is 13.9 Å². The Balaban J connectivity index is 2.48. The average Bonchev–Trinajstić information content (AvgIpc) is 1.97. The number of rotatable bonds is 1. The molecule has 0 aliphatic heterocycles. The fourth-order valence-corrected chi connectivity index (χ4v) is 1.78. The molecule has 0 bridgehead atoms. The van der Waals surface area contributed by atoms with Crippen molar-refractivity contribution in [1.82, 2.24) is 0 Å². The van der Waals surface area contributed by atoms with E-state index >= 15 is 0 Å². The molecule has 1 aliphatic carbocycles. The van der Waals surface area contributed by atoms with Gasteiger partial charge in [-0.2, -0.15) is 0 Å². The van der Waals surface area contributed by atoms with Gasteiger partial charge >= 0.3 is 0 Å². The predicted octanol–water partition coefficient (Wildman–Crippen LogP) is 2.32. The minimum atomic E-state index is -2.55. The fraction of sp³-hybridized carbons (Fsp3) is 1.00. The van der Waals surface area contributed by atoms with Crippen molar-refractivity contribution in [3.05, 3.63) is 0 Å². The van der Waals surface area contributed by atoms with Crippen LogP contribution in [0.5, 0.6) is 0 Å². The number of aliphatic hydroxyl groups is 1. The Bertz CT molecular complexity index is 139. The molecule has 11 heavy (non-hydrogen) atoms. The summed E-state index contributed by atoms with van der Waals surface area (Å²) < 4.78 is 25.1. The lowest BCUT2D eigenvalue weighted by molar-refractivity contribution is -0.0936. The summed E-state index contributed by atoms with van der Waals surface area (Å²) in [6.07, 6.45) is 0.0285. The molecular weight excluding hydrogens is 218 g/mol. The summed E-state index contributed by atoms with van der Waals surface area (Å²) in [5.74, 6) is -2.55. The Morgan fingerprint density at radius 1 is 1.18 bits per heavy atom. The molecule has 4 heteroatoms. The molecule has 0 saturated heterocycles. The van der Waals surface area contributed by atoms with Gasteiger partial charge in [-0.3, -0.25) is 0 Å². The molecule has 0 spiro atoms. The molecular formula is C7H11BrF2O. The van der Waals surface area contributed by atoms with Crippen molar-refractivity contribution in [3.8, 4) is 0 Å². The van der Waals surface area contributed by atoms with Crippen molar-refractivity contribution in [3.63, 3.8) is 0 Å². The van der Waals surface area contributed by atoms with Gasteiger partial charge in [0.15, 0.2) is 0 Å². The van der Waals surface area contributed by atoms with Crippen molar-refractivity contribution in [2.75, 3.05) is 5.33 Å². The number of alkyl halides is 3. The van der Waals surface area contributed by atoms with Crippen LogP contribution >= 0.6 is 15.9 Å². The van der Waals surface area contributed by atoms with E-state index in [-0.39, 0.29) is 25.7 Å². The van der Waals surface area contributed by atoms with Crippen LogP contribution in [-0.2, 0) is 0 Å². The van der Waals surface area contributed by atoms with Crippen molar-refractivity contribution in [1.29, 1.82) is 0 Å². The Labute approximate surface area is 72.9 Å². The normalized spacial score (nSPS) is 28.4. The Hall–Kier alpha value is 0.300. The van der Waals surface area contributed by atoms with E-state index in [1.807, 2.05) is 0 Å². The lowest BCUT2D eigenvalue weighted by atomic mass is 9.84. The van der Waals surface area contributed by atoms with Gasteiger partial charge in [0.2, 0.25) is 5.92 Å². The van der Waals surface area contributed by atoms with Crippen molar-refractivity contribution in [2.45, 2.75) is 37.2 Å². The van der Waals surface area contributed by atoms with Gasteiger partial charge in [-0.1, -0.05) is 15.9 Å². The maximum Gasteiger partial charge on any atom is 0.248 e. The van der Waals surface area contributed by atoms with Gasteiger partial charge in [0, 0.05) is 18.2 Å². The van der Waals surface area contributed by atoms with Gasteiger partial charge in [0.25, 0.3) is 0 Å². The molecule has 66 valence electrons. The topological polar surface area (TPSA) is 20.2 Å². The van der Waals surface area contributed by atoms with Crippen LogP contribution in [0.25, 0.3) is 0 Å². The molecule has 0 aromatic rings. The SMILES string of the molecule is OC1(CBr)CCC(F)(F)CC1. The monoisotopic (exact) mass is 228 g/mol. The van der Waals surface area contributed by atoms with E-state index in [4.69, 9.17) is 0 Å². The summed E-state index contributed by atoms with van der Waals surface area (Å²) in [6.45, 7) is 0. The molecule has 0 heterocycles.